The molecule has 7 heteroatoms. The van der Waals surface area contributed by atoms with Gasteiger partial charge in [-0.15, -0.1) is 0 Å². The van der Waals surface area contributed by atoms with E-state index >= 15 is 0 Å². The van der Waals surface area contributed by atoms with Gasteiger partial charge in [-0.2, -0.15) is 0 Å². The van der Waals surface area contributed by atoms with Crippen LogP contribution in [0.3, 0.4) is 0 Å². The summed E-state index contributed by atoms with van der Waals surface area (Å²) in [5.74, 6) is 1.77. The van der Waals surface area contributed by atoms with Crippen LogP contribution in [0.4, 0.5) is 11.4 Å². The maximum Gasteiger partial charge on any atom is 0.118 e. The SMILES string of the molecule is CC[C@H](O)C1C(N2CCN(C)CC2)=Nc2ccccc2N=C1N1CCN(C)CC1. The lowest BCUT2D eigenvalue weighted by molar-refractivity contribution is 0.135. The van der Waals surface area contributed by atoms with E-state index in [0.29, 0.717) is 6.42 Å². The van der Waals surface area contributed by atoms with E-state index in [2.05, 4.69) is 33.7 Å². The van der Waals surface area contributed by atoms with E-state index in [1.807, 2.05) is 31.2 Å². The van der Waals surface area contributed by atoms with Crippen LogP contribution in [0.1, 0.15) is 13.3 Å². The molecule has 0 unspecified atom stereocenters. The second kappa shape index (κ2) is 8.81. The molecule has 0 aromatic heterocycles. The molecular weight excluding hydrogens is 364 g/mol. The van der Waals surface area contributed by atoms with Gasteiger partial charge in [0.1, 0.15) is 17.6 Å². The average Bonchev–Trinajstić information content (AvgIpc) is 2.91. The maximum atomic E-state index is 11.2. The average molecular weight is 399 g/mol. The fraction of sp³-hybridized carbons (Fsp3) is 0.636. The highest BCUT2D eigenvalue weighted by Crippen LogP contribution is 2.34. The molecule has 1 aromatic carbocycles. The van der Waals surface area contributed by atoms with Gasteiger partial charge in [0.25, 0.3) is 0 Å². The molecule has 4 rings (SSSR count). The summed E-state index contributed by atoms with van der Waals surface area (Å²) in [4.78, 5) is 19.7. The zero-order valence-corrected chi connectivity index (χ0v) is 18.0. The summed E-state index contributed by atoms with van der Waals surface area (Å²) in [6.07, 6.45) is 0.182. The molecule has 0 spiro atoms. The number of hydrogen-bond donors (Lipinski definition) is 1. The summed E-state index contributed by atoms with van der Waals surface area (Å²) in [6.45, 7) is 9.81. The van der Waals surface area contributed by atoms with Gasteiger partial charge in [0.15, 0.2) is 0 Å². The Morgan fingerprint density at radius 1 is 0.828 bits per heavy atom. The minimum Gasteiger partial charge on any atom is -0.392 e. The number of rotatable bonds is 2. The fourth-order valence-corrected chi connectivity index (χ4v) is 4.34. The number of amidine groups is 2. The Labute approximate surface area is 174 Å². The summed E-state index contributed by atoms with van der Waals surface area (Å²) in [7, 11) is 4.33. The van der Waals surface area contributed by atoms with Crippen LogP contribution in [-0.4, -0.2) is 109 Å². The van der Waals surface area contributed by atoms with Crippen molar-refractivity contribution in [3.63, 3.8) is 0 Å². The zero-order chi connectivity index (χ0) is 20.4. The number of aliphatic imine (C=N–C) groups is 2. The molecule has 0 bridgehead atoms. The Bertz CT molecular complexity index is 703. The molecule has 1 atom stereocenters. The summed E-state index contributed by atoms with van der Waals surface area (Å²) < 4.78 is 0. The van der Waals surface area contributed by atoms with E-state index in [-0.39, 0.29) is 5.92 Å². The third-order valence-electron chi connectivity index (χ3n) is 6.37. The van der Waals surface area contributed by atoms with E-state index in [4.69, 9.17) is 9.98 Å². The molecule has 29 heavy (non-hydrogen) atoms. The van der Waals surface area contributed by atoms with Crippen LogP contribution in [-0.2, 0) is 0 Å². The molecular formula is C22H34N6O. The first-order valence-electron chi connectivity index (χ1n) is 10.9. The van der Waals surface area contributed by atoms with E-state index < -0.39 is 6.10 Å². The van der Waals surface area contributed by atoms with Crippen LogP contribution in [0.15, 0.2) is 34.3 Å². The molecule has 2 fully saturated rings. The van der Waals surface area contributed by atoms with Gasteiger partial charge in [0.05, 0.1) is 17.5 Å². The van der Waals surface area contributed by atoms with Crippen molar-refractivity contribution >= 4 is 23.0 Å². The Kier molecular flexibility index (Phi) is 6.18. The number of fused-ring (bicyclic) bond motifs is 1. The Morgan fingerprint density at radius 2 is 1.24 bits per heavy atom. The summed E-state index contributed by atoms with van der Waals surface area (Å²) in [6, 6.07) is 8.12. The fourth-order valence-electron chi connectivity index (χ4n) is 4.34. The highest BCUT2D eigenvalue weighted by atomic mass is 16.3. The van der Waals surface area contributed by atoms with Gasteiger partial charge >= 0.3 is 0 Å². The topological polar surface area (TPSA) is 57.9 Å². The lowest BCUT2D eigenvalue weighted by atomic mass is 9.94. The molecule has 1 N–H and O–H groups in total. The van der Waals surface area contributed by atoms with Crippen LogP contribution >= 0.6 is 0 Å². The van der Waals surface area contributed by atoms with Gasteiger partial charge < -0.3 is 24.7 Å². The molecule has 0 amide bonds. The number of para-hydroxylation sites is 2. The second-order valence-corrected chi connectivity index (χ2v) is 8.46. The normalized spacial score (nSPS) is 23.3. The second-order valence-electron chi connectivity index (χ2n) is 8.46. The van der Waals surface area contributed by atoms with E-state index in [1.165, 1.54) is 0 Å². The molecule has 3 heterocycles. The number of aliphatic hydroxyl groups excluding tert-OH is 1. The first-order chi connectivity index (χ1) is 14.1. The van der Waals surface area contributed by atoms with Crippen molar-refractivity contribution < 1.29 is 5.11 Å². The molecule has 2 saturated heterocycles. The highest BCUT2D eigenvalue weighted by molar-refractivity contribution is 6.09. The van der Waals surface area contributed by atoms with Gasteiger partial charge in [-0.1, -0.05) is 19.1 Å². The van der Waals surface area contributed by atoms with Gasteiger partial charge in [0.2, 0.25) is 0 Å². The molecule has 0 radical (unpaired) electrons. The van der Waals surface area contributed by atoms with Gasteiger partial charge in [-0.25, -0.2) is 9.98 Å². The molecule has 3 aliphatic rings. The van der Waals surface area contributed by atoms with Crippen LogP contribution < -0.4 is 0 Å². The first kappa shape index (κ1) is 20.3. The number of aliphatic hydroxyl groups is 1. The van der Waals surface area contributed by atoms with Crippen molar-refractivity contribution in [2.45, 2.75) is 19.4 Å². The molecule has 158 valence electrons. The van der Waals surface area contributed by atoms with Crippen LogP contribution in [0, 0.1) is 5.92 Å². The minimum absolute atomic E-state index is 0.195. The third kappa shape index (κ3) is 4.32. The van der Waals surface area contributed by atoms with Crippen LogP contribution in [0.2, 0.25) is 0 Å². The largest absolute Gasteiger partial charge is 0.392 e. The van der Waals surface area contributed by atoms with Crippen molar-refractivity contribution in [2.75, 3.05) is 66.5 Å². The molecule has 7 nitrogen and oxygen atoms in total. The lowest BCUT2D eigenvalue weighted by Crippen LogP contribution is -2.56. The van der Waals surface area contributed by atoms with Crippen LogP contribution in [0.25, 0.3) is 0 Å². The van der Waals surface area contributed by atoms with E-state index in [9.17, 15) is 5.11 Å². The van der Waals surface area contributed by atoms with Gasteiger partial charge in [-0.3, -0.25) is 0 Å². The summed E-state index contributed by atoms with van der Waals surface area (Å²) in [5.41, 5.74) is 1.80. The Morgan fingerprint density at radius 3 is 1.62 bits per heavy atom. The standard InChI is InChI=1S/C22H34N6O/c1-4-19(29)20-21(27-13-9-25(2)10-14-27)23-17-7-5-6-8-18(17)24-22(20)28-15-11-26(3)12-16-28/h5-8,19-20,29H,4,9-16H2,1-3H3/t19-/m0/s1. The van der Waals surface area contributed by atoms with Gasteiger partial charge in [-0.05, 0) is 32.6 Å². The number of benzene rings is 1. The van der Waals surface area contributed by atoms with E-state index in [0.717, 1.165) is 75.4 Å². The minimum atomic E-state index is -0.499. The number of hydrogen-bond acceptors (Lipinski definition) is 7. The predicted molar refractivity (Wildman–Crippen MR) is 119 cm³/mol. The Hall–Kier alpha value is -1.96. The van der Waals surface area contributed by atoms with Gasteiger partial charge in [0, 0.05) is 52.4 Å². The van der Waals surface area contributed by atoms with Crippen molar-refractivity contribution in [2.24, 2.45) is 15.9 Å². The number of piperazine rings is 2. The number of nitrogens with zero attached hydrogens (tertiary/aromatic N) is 6. The molecule has 0 aliphatic carbocycles. The van der Waals surface area contributed by atoms with Crippen LogP contribution in [0.5, 0.6) is 0 Å². The van der Waals surface area contributed by atoms with Crippen molar-refractivity contribution in [1.29, 1.82) is 0 Å². The zero-order valence-electron chi connectivity index (χ0n) is 18.0. The smallest absolute Gasteiger partial charge is 0.118 e. The quantitative estimate of drug-likeness (QED) is 0.821. The monoisotopic (exact) mass is 398 g/mol. The molecule has 3 aliphatic heterocycles. The third-order valence-corrected chi connectivity index (χ3v) is 6.37. The maximum absolute atomic E-state index is 11.2. The lowest BCUT2D eigenvalue weighted by Gasteiger charge is -2.41. The van der Waals surface area contributed by atoms with E-state index in [1.54, 1.807) is 0 Å². The molecule has 0 saturated carbocycles. The molecule has 1 aromatic rings. The first-order valence-corrected chi connectivity index (χ1v) is 10.9. The van der Waals surface area contributed by atoms with Crippen molar-refractivity contribution in [3.05, 3.63) is 24.3 Å². The summed E-state index contributed by atoms with van der Waals surface area (Å²) >= 11 is 0. The Balaban J connectivity index is 1.78. The number of likely N-dealkylation sites (N-methyl/N-ethyl adjacent to an activating group) is 2. The van der Waals surface area contributed by atoms with Crippen molar-refractivity contribution in [1.82, 2.24) is 19.6 Å². The predicted octanol–water partition coefficient (Wildman–Crippen LogP) is 1.64. The van der Waals surface area contributed by atoms with Crippen molar-refractivity contribution in [3.8, 4) is 0 Å². The highest BCUT2D eigenvalue weighted by Gasteiger charge is 2.38. The summed E-state index contributed by atoms with van der Waals surface area (Å²) in [5, 5.41) is 11.2.